The van der Waals surface area contributed by atoms with Crippen LogP contribution in [0.2, 0.25) is 10.0 Å². The first-order valence-electron chi connectivity index (χ1n) is 8.75. The number of piperazine rings is 1. The Labute approximate surface area is 166 Å². The highest BCUT2D eigenvalue weighted by Crippen LogP contribution is 2.51. The van der Waals surface area contributed by atoms with E-state index in [1.807, 2.05) is 23.1 Å². The smallest absolute Gasteiger partial charge is 0.239 e. The third kappa shape index (κ3) is 3.87. The van der Waals surface area contributed by atoms with Crippen LogP contribution >= 0.6 is 23.2 Å². The van der Waals surface area contributed by atoms with Gasteiger partial charge < -0.3 is 15.5 Å². The molecule has 2 atom stereocenters. The average Bonchev–Trinajstić information content (AvgIpc) is 3.45. The maximum atomic E-state index is 12.5. The lowest BCUT2D eigenvalue weighted by Gasteiger charge is -2.27. The largest absolute Gasteiger partial charge is 0.353 e. The summed E-state index contributed by atoms with van der Waals surface area (Å²) in [5.74, 6) is 0.627. The minimum absolute atomic E-state index is 0.0140. The second kappa shape index (κ2) is 7.37. The van der Waals surface area contributed by atoms with E-state index in [1.165, 1.54) is 0 Å². The average molecular weight is 405 g/mol. The molecule has 0 radical (unpaired) electrons. The van der Waals surface area contributed by atoms with Crippen LogP contribution in [-0.4, -0.2) is 36.4 Å². The Morgan fingerprint density at radius 1 is 1.26 bits per heavy atom. The number of anilines is 2. The molecule has 1 saturated heterocycles. The second-order valence-corrected chi connectivity index (χ2v) is 7.54. The summed E-state index contributed by atoms with van der Waals surface area (Å²) in [6.45, 7) is 1.62. The molecule has 140 valence electrons. The van der Waals surface area contributed by atoms with Crippen molar-refractivity contribution in [3.8, 4) is 0 Å². The van der Waals surface area contributed by atoms with Crippen LogP contribution in [0.5, 0.6) is 0 Å². The van der Waals surface area contributed by atoms with E-state index < -0.39 is 0 Å². The van der Waals surface area contributed by atoms with Crippen LogP contribution in [0.25, 0.3) is 0 Å². The molecule has 1 aliphatic carbocycles. The van der Waals surface area contributed by atoms with Gasteiger partial charge >= 0.3 is 0 Å². The lowest BCUT2D eigenvalue weighted by Crippen LogP contribution is -2.48. The highest BCUT2D eigenvalue weighted by molar-refractivity contribution is 6.42. The number of halogens is 2. The van der Waals surface area contributed by atoms with Gasteiger partial charge in [0.05, 0.1) is 28.5 Å². The SMILES string of the molecule is O=C1CN(c2ccc(NC(=O)[C@H]3C[C@@H]3c3cccc(Cl)c3Cl)cn2)CCN1. The van der Waals surface area contributed by atoms with Gasteiger partial charge in [-0.2, -0.15) is 0 Å². The van der Waals surface area contributed by atoms with E-state index in [-0.39, 0.29) is 23.7 Å². The van der Waals surface area contributed by atoms with Crippen LogP contribution in [-0.2, 0) is 9.59 Å². The maximum absolute atomic E-state index is 12.5. The Morgan fingerprint density at radius 3 is 2.85 bits per heavy atom. The maximum Gasteiger partial charge on any atom is 0.239 e. The van der Waals surface area contributed by atoms with Crippen LogP contribution in [0.1, 0.15) is 17.9 Å². The molecular weight excluding hydrogens is 387 g/mol. The highest BCUT2D eigenvalue weighted by atomic mass is 35.5. The first-order chi connectivity index (χ1) is 13.0. The third-order valence-electron chi connectivity index (χ3n) is 4.89. The Hall–Kier alpha value is -2.31. The van der Waals surface area contributed by atoms with Crippen molar-refractivity contribution in [2.75, 3.05) is 29.9 Å². The van der Waals surface area contributed by atoms with E-state index in [2.05, 4.69) is 15.6 Å². The predicted octanol–water partition coefficient (Wildman–Crippen LogP) is 3.07. The number of carbonyl (C=O) groups excluding carboxylic acids is 2. The number of rotatable bonds is 4. The molecule has 1 aliphatic heterocycles. The van der Waals surface area contributed by atoms with E-state index in [0.717, 1.165) is 17.8 Å². The number of amides is 2. The molecule has 2 heterocycles. The fourth-order valence-corrected chi connectivity index (χ4v) is 3.80. The Bertz CT molecular complexity index is 888. The molecule has 1 aromatic heterocycles. The Balaban J connectivity index is 1.38. The summed E-state index contributed by atoms with van der Waals surface area (Å²) in [4.78, 5) is 30.3. The molecule has 1 aromatic carbocycles. The van der Waals surface area contributed by atoms with Crippen LogP contribution in [0.15, 0.2) is 36.5 Å². The van der Waals surface area contributed by atoms with E-state index in [9.17, 15) is 9.59 Å². The molecule has 2 fully saturated rings. The molecule has 27 heavy (non-hydrogen) atoms. The lowest BCUT2D eigenvalue weighted by atomic mass is 10.1. The van der Waals surface area contributed by atoms with Gasteiger partial charge in [0.25, 0.3) is 0 Å². The van der Waals surface area contributed by atoms with Crippen molar-refractivity contribution in [3.05, 3.63) is 52.1 Å². The molecule has 4 rings (SSSR count). The van der Waals surface area contributed by atoms with Gasteiger partial charge in [-0.15, -0.1) is 0 Å². The van der Waals surface area contributed by atoms with Crippen molar-refractivity contribution >= 4 is 46.5 Å². The molecule has 1 saturated carbocycles. The summed E-state index contributed by atoms with van der Waals surface area (Å²) in [6.07, 6.45) is 2.36. The minimum atomic E-state index is -0.119. The third-order valence-corrected chi connectivity index (χ3v) is 5.72. The van der Waals surface area contributed by atoms with Crippen molar-refractivity contribution in [3.63, 3.8) is 0 Å². The first kappa shape index (κ1) is 18.1. The fourth-order valence-electron chi connectivity index (χ4n) is 3.35. The van der Waals surface area contributed by atoms with Gasteiger partial charge in [-0.05, 0) is 36.1 Å². The fraction of sp³-hybridized carbons (Fsp3) is 0.316. The van der Waals surface area contributed by atoms with E-state index in [4.69, 9.17) is 23.2 Å². The van der Waals surface area contributed by atoms with Crippen LogP contribution in [0, 0.1) is 5.92 Å². The van der Waals surface area contributed by atoms with Gasteiger partial charge in [0.15, 0.2) is 0 Å². The van der Waals surface area contributed by atoms with Crippen LogP contribution in [0.4, 0.5) is 11.5 Å². The summed E-state index contributed by atoms with van der Waals surface area (Å²) in [7, 11) is 0. The minimum Gasteiger partial charge on any atom is -0.353 e. The van der Waals surface area contributed by atoms with Gasteiger partial charge in [0.1, 0.15) is 5.82 Å². The van der Waals surface area contributed by atoms with Gasteiger partial charge in [0.2, 0.25) is 11.8 Å². The van der Waals surface area contributed by atoms with Gasteiger partial charge in [-0.3, -0.25) is 9.59 Å². The van der Waals surface area contributed by atoms with Crippen molar-refractivity contribution in [2.24, 2.45) is 5.92 Å². The van der Waals surface area contributed by atoms with Gasteiger partial charge in [0, 0.05) is 19.0 Å². The zero-order valence-corrected chi connectivity index (χ0v) is 15.9. The zero-order chi connectivity index (χ0) is 19.0. The number of benzene rings is 1. The molecule has 2 aliphatic rings. The summed E-state index contributed by atoms with van der Waals surface area (Å²) >= 11 is 12.3. The molecule has 8 heteroatoms. The molecule has 6 nitrogen and oxygen atoms in total. The summed E-state index contributed by atoms with van der Waals surface area (Å²) < 4.78 is 0. The monoisotopic (exact) mass is 404 g/mol. The number of carbonyl (C=O) groups is 2. The summed E-state index contributed by atoms with van der Waals surface area (Å²) in [6, 6.07) is 9.12. The second-order valence-electron chi connectivity index (χ2n) is 6.76. The van der Waals surface area contributed by atoms with Crippen LogP contribution in [0.3, 0.4) is 0 Å². The molecule has 0 bridgehead atoms. The quantitative estimate of drug-likeness (QED) is 0.820. The van der Waals surface area contributed by atoms with E-state index in [1.54, 1.807) is 18.3 Å². The number of aromatic nitrogens is 1. The molecule has 2 aromatic rings. The van der Waals surface area contributed by atoms with Gasteiger partial charge in [-0.1, -0.05) is 35.3 Å². The van der Waals surface area contributed by atoms with Crippen molar-refractivity contribution in [2.45, 2.75) is 12.3 Å². The number of hydrogen-bond donors (Lipinski definition) is 2. The Kier molecular flexibility index (Phi) is 4.93. The Morgan fingerprint density at radius 2 is 2.11 bits per heavy atom. The number of nitrogens with zero attached hydrogens (tertiary/aromatic N) is 2. The van der Waals surface area contributed by atoms with Crippen molar-refractivity contribution < 1.29 is 9.59 Å². The van der Waals surface area contributed by atoms with Crippen LogP contribution < -0.4 is 15.5 Å². The predicted molar refractivity (Wildman–Crippen MR) is 105 cm³/mol. The van der Waals surface area contributed by atoms with Crippen molar-refractivity contribution in [1.29, 1.82) is 0 Å². The topological polar surface area (TPSA) is 74.3 Å². The number of nitrogens with one attached hydrogen (secondary N) is 2. The summed E-state index contributed by atoms with van der Waals surface area (Å²) in [5, 5.41) is 6.71. The molecule has 0 unspecified atom stereocenters. The zero-order valence-electron chi connectivity index (χ0n) is 14.4. The van der Waals surface area contributed by atoms with E-state index in [0.29, 0.717) is 35.4 Å². The molecule has 0 spiro atoms. The van der Waals surface area contributed by atoms with E-state index >= 15 is 0 Å². The van der Waals surface area contributed by atoms with Gasteiger partial charge in [-0.25, -0.2) is 4.98 Å². The lowest BCUT2D eigenvalue weighted by molar-refractivity contribution is -0.120. The molecular formula is C19H18Cl2N4O2. The van der Waals surface area contributed by atoms with Crippen molar-refractivity contribution in [1.82, 2.24) is 10.3 Å². The number of hydrogen-bond acceptors (Lipinski definition) is 4. The summed E-state index contributed by atoms with van der Waals surface area (Å²) in [5.41, 5.74) is 1.55. The highest BCUT2D eigenvalue weighted by Gasteiger charge is 2.45. The first-order valence-corrected chi connectivity index (χ1v) is 9.51. The normalized spacial score (nSPS) is 21.6. The number of pyridine rings is 1. The standard InChI is InChI=1S/C19H18Cl2N4O2/c20-15-3-1-2-12(18(15)21)13-8-14(13)19(27)24-11-4-5-16(23-9-11)25-7-6-22-17(26)10-25/h1-5,9,13-14H,6-8,10H2,(H,22,26)(H,24,27)/t13-,14+/m1/s1. The molecule has 2 amide bonds. The molecule has 2 N–H and O–H groups in total.